The van der Waals surface area contributed by atoms with Crippen molar-refractivity contribution in [3.05, 3.63) is 0 Å². The summed E-state index contributed by atoms with van der Waals surface area (Å²) in [7, 11) is 1.54. The molecule has 0 heterocycles. The molecule has 0 aromatic heterocycles. The van der Waals surface area contributed by atoms with E-state index < -0.39 is 0 Å². The molecule has 0 rings (SSSR count). The summed E-state index contributed by atoms with van der Waals surface area (Å²) < 4.78 is 0. The summed E-state index contributed by atoms with van der Waals surface area (Å²) in [4.78, 5) is 2.36. The van der Waals surface area contributed by atoms with E-state index in [1.54, 1.807) is 0 Å². The molecule has 0 fully saturated rings. The van der Waals surface area contributed by atoms with Crippen molar-refractivity contribution >= 4 is 45.7 Å². The standard InChI is InChI=1S/CH3.GeH4.H3Si.Sn/h1H3;1H4;1H3;. The molecule has 0 amide bonds. The monoisotopic (exact) mass is 244 g/mol. The first kappa shape index (κ1) is 9.12. The molecule has 0 aliphatic carbocycles. The normalized spacial score (nSPS) is 5.25. The molecule has 0 aromatic carbocycles. The Kier molecular flexibility index (Phi) is 20.1. The maximum absolute atomic E-state index is 2.36. The Morgan fingerprint density at radius 1 is 1.75 bits per heavy atom. The predicted molar refractivity (Wildman–Crippen MR) is 32.9 cm³/mol. The van der Waals surface area contributed by atoms with Crippen molar-refractivity contribution < 1.29 is 0 Å². The van der Waals surface area contributed by atoms with Gasteiger partial charge < -0.3 is 0 Å². The van der Waals surface area contributed by atoms with E-state index >= 15 is 0 Å². The molecule has 0 nitrogen and oxygen atoms in total. The molecule has 0 unspecified atom stereocenters. The Morgan fingerprint density at radius 2 is 1.75 bits per heavy atom. The Morgan fingerprint density at radius 3 is 1.75 bits per heavy atom. The molecule has 0 saturated carbocycles. The minimum absolute atomic E-state index is 0. The summed E-state index contributed by atoms with van der Waals surface area (Å²) in [5.74, 6) is 0. The molecule has 4 heavy (non-hydrogen) atoms. The number of hydrogen-bond acceptors (Lipinski definition) is 0. The molecule has 0 aliphatic rings. The summed E-state index contributed by atoms with van der Waals surface area (Å²) in [6.45, 7) is 0. The van der Waals surface area contributed by atoms with E-state index in [4.69, 9.17) is 0 Å². The summed E-state index contributed by atoms with van der Waals surface area (Å²) in [5, 5.41) is 0. The molecule has 0 bridgehead atoms. The first-order valence-corrected chi connectivity index (χ1v) is 13.4. The van der Waals surface area contributed by atoms with E-state index in [1.165, 1.54) is 7.75 Å². The van der Waals surface area contributed by atoms with Gasteiger partial charge in [0.15, 0.2) is 0 Å². The van der Waals surface area contributed by atoms with Crippen LogP contribution < -0.4 is 0 Å². The van der Waals surface area contributed by atoms with Crippen LogP contribution in [0.15, 0.2) is 0 Å². The Balaban J connectivity index is 0. The van der Waals surface area contributed by atoms with Crippen molar-refractivity contribution in [2.45, 2.75) is 4.94 Å². The molecule has 26 valence electrons. The second-order valence-electron chi connectivity index (χ2n) is 0.500. The molecule has 2 radical (unpaired) electrons. The Labute approximate surface area is 50.4 Å². The SMILES string of the molecule is [CH3][Sn][SiH3].[GeH4]. The Hall–Kier alpha value is 1.56. The zero-order chi connectivity index (χ0) is 2.71. The molecule has 0 N–H and O–H groups in total. The minimum atomic E-state index is 0. The van der Waals surface area contributed by atoms with Gasteiger partial charge in [0.05, 0.1) is 0 Å². The summed E-state index contributed by atoms with van der Waals surface area (Å²) >= 11 is 0.369. The molecule has 3 heteroatoms. The number of rotatable bonds is 0. The molecule has 0 aliphatic heterocycles. The van der Waals surface area contributed by atoms with Crippen LogP contribution in [0.5, 0.6) is 0 Å². The van der Waals surface area contributed by atoms with Crippen molar-refractivity contribution in [3.63, 3.8) is 0 Å². The number of hydrogen-bond donors (Lipinski definition) is 0. The molecule has 0 saturated heterocycles. The van der Waals surface area contributed by atoms with Gasteiger partial charge in [-0.2, -0.15) is 0 Å². The quantitative estimate of drug-likeness (QED) is 0.414. The third-order valence-electron chi connectivity index (χ3n) is 0. The molecule has 0 aromatic rings. The fourth-order valence-corrected chi connectivity index (χ4v) is 0. The fourth-order valence-electron chi connectivity index (χ4n) is 0. The summed E-state index contributed by atoms with van der Waals surface area (Å²) in [6, 6.07) is 0. The van der Waals surface area contributed by atoms with Gasteiger partial charge in [-0.05, 0) is 0 Å². The van der Waals surface area contributed by atoms with Crippen LogP contribution in [-0.2, 0) is 0 Å². The molecular weight excluding hydrogens is 231 g/mol. The van der Waals surface area contributed by atoms with Gasteiger partial charge in [-0.25, -0.2) is 0 Å². The van der Waals surface area contributed by atoms with E-state index in [0.717, 1.165) is 0 Å². The average molecular weight is 241 g/mol. The first-order valence-electron chi connectivity index (χ1n) is 1.00. The van der Waals surface area contributed by atoms with E-state index in [-0.39, 0.29) is 17.6 Å². The van der Waals surface area contributed by atoms with Crippen molar-refractivity contribution in [2.24, 2.45) is 0 Å². The second-order valence-corrected chi connectivity index (χ2v) is 10.1. The van der Waals surface area contributed by atoms with Crippen molar-refractivity contribution in [3.8, 4) is 0 Å². The van der Waals surface area contributed by atoms with Crippen LogP contribution in [0.4, 0.5) is 0 Å². The summed E-state index contributed by atoms with van der Waals surface area (Å²) in [6.07, 6.45) is 0. The average Bonchev–Trinajstić information content (AvgIpc) is 0.918. The maximum atomic E-state index is 2.36. The Bertz CT molecular complexity index is 8.00. The van der Waals surface area contributed by atoms with Gasteiger partial charge >= 0.3 is 50.6 Å². The molecule has 0 atom stereocenters. The van der Waals surface area contributed by atoms with Gasteiger partial charge in [-0.1, -0.05) is 0 Å². The van der Waals surface area contributed by atoms with Gasteiger partial charge in [0.25, 0.3) is 0 Å². The fraction of sp³-hybridized carbons (Fsp3) is 1.00. The van der Waals surface area contributed by atoms with Crippen molar-refractivity contribution in [2.75, 3.05) is 0 Å². The van der Waals surface area contributed by atoms with Crippen LogP contribution in [0.25, 0.3) is 0 Å². The van der Waals surface area contributed by atoms with Crippen LogP contribution in [-0.4, -0.2) is 45.7 Å². The first-order chi connectivity index (χ1) is 1.41. The van der Waals surface area contributed by atoms with Gasteiger partial charge in [-0.15, -0.1) is 0 Å². The van der Waals surface area contributed by atoms with Crippen LogP contribution in [0.3, 0.4) is 0 Å². The third kappa shape index (κ3) is 9.59. The molecular formula is CH10GeSiSn. The zero-order valence-corrected chi connectivity index (χ0v) is 7.35. The van der Waals surface area contributed by atoms with Crippen LogP contribution >= 0.6 is 0 Å². The van der Waals surface area contributed by atoms with Crippen molar-refractivity contribution in [1.82, 2.24) is 0 Å². The van der Waals surface area contributed by atoms with E-state index in [1.807, 2.05) is 0 Å². The van der Waals surface area contributed by atoms with Gasteiger partial charge in [-0.3, -0.25) is 0 Å². The zero-order valence-electron chi connectivity index (χ0n) is 2.50. The van der Waals surface area contributed by atoms with Crippen molar-refractivity contribution in [1.29, 1.82) is 0 Å². The third-order valence-corrected chi connectivity index (χ3v) is 0. The van der Waals surface area contributed by atoms with Gasteiger partial charge in [0.1, 0.15) is 0 Å². The van der Waals surface area contributed by atoms with E-state index in [9.17, 15) is 0 Å². The summed E-state index contributed by atoms with van der Waals surface area (Å²) in [5.41, 5.74) is 0. The predicted octanol–water partition coefficient (Wildman–Crippen LogP) is -2.43. The second kappa shape index (κ2) is 8.82. The topological polar surface area (TPSA) is 0 Å². The van der Waals surface area contributed by atoms with Crippen LogP contribution in [0.2, 0.25) is 4.94 Å². The van der Waals surface area contributed by atoms with Crippen LogP contribution in [0, 0.1) is 0 Å². The van der Waals surface area contributed by atoms with Crippen LogP contribution in [0.1, 0.15) is 0 Å². The van der Waals surface area contributed by atoms with E-state index in [2.05, 4.69) is 4.94 Å². The van der Waals surface area contributed by atoms with E-state index in [0.29, 0.717) is 20.3 Å². The molecule has 0 spiro atoms. The van der Waals surface area contributed by atoms with Gasteiger partial charge in [0.2, 0.25) is 0 Å². The van der Waals surface area contributed by atoms with Gasteiger partial charge in [0, 0.05) is 0 Å².